The number of hydrogen-bond donors (Lipinski definition) is 1. The van der Waals surface area contributed by atoms with E-state index in [-0.39, 0.29) is 60.0 Å². The van der Waals surface area contributed by atoms with Crippen LogP contribution in [0.1, 0.15) is 48.2 Å². The van der Waals surface area contributed by atoms with Crippen LogP contribution in [0, 0.1) is 0 Å². The van der Waals surface area contributed by atoms with E-state index in [0.29, 0.717) is 5.56 Å². The Hall–Kier alpha value is -1.30. The van der Waals surface area contributed by atoms with Crippen LogP contribution in [0.4, 0.5) is 0 Å². The molecule has 154 valence electrons. The van der Waals surface area contributed by atoms with Crippen molar-refractivity contribution >= 4 is 12.2 Å². The Morgan fingerprint density at radius 3 is 2.43 bits per heavy atom. The van der Waals surface area contributed by atoms with Crippen molar-refractivity contribution in [2.75, 3.05) is 0 Å². The van der Waals surface area contributed by atoms with Crippen molar-refractivity contribution in [2.45, 2.75) is 38.2 Å². The first-order chi connectivity index (χ1) is 12.6. The van der Waals surface area contributed by atoms with E-state index in [9.17, 15) is 4.79 Å². The predicted molar refractivity (Wildman–Crippen MR) is 96.9 cm³/mol. The number of aromatic nitrogens is 2. The molecule has 1 aliphatic carbocycles. The maximum absolute atomic E-state index is 11.8. The summed E-state index contributed by atoms with van der Waals surface area (Å²) in [6.07, 6.45) is 12.8. The third-order valence-corrected chi connectivity index (χ3v) is 4.29. The Kier molecular flexibility index (Phi) is 14.0. The second-order valence-corrected chi connectivity index (χ2v) is 6.40. The number of carbonyl (C=O) groups is 1. The van der Waals surface area contributed by atoms with E-state index in [4.69, 9.17) is 9.94 Å². The molecule has 6 nitrogen and oxygen atoms in total. The van der Waals surface area contributed by atoms with Crippen LogP contribution in [-0.2, 0) is 18.8 Å². The van der Waals surface area contributed by atoms with E-state index >= 15 is 0 Å². The van der Waals surface area contributed by atoms with E-state index < -0.39 is 0 Å². The fraction of sp³-hybridized carbons (Fsp3) is 0.400. The van der Waals surface area contributed by atoms with Crippen LogP contribution in [0.5, 0.6) is 0 Å². The lowest BCUT2D eigenvalue weighted by Gasteiger charge is -2.21. The maximum Gasteiger partial charge on any atom is 0.344 e. The molecule has 3 rings (SSSR count). The molecule has 0 radical (unpaired) electrons. The summed E-state index contributed by atoms with van der Waals surface area (Å²) in [6, 6.07) is 9.31. The molecule has 8 heteroatoms. The molecule has 2 heterocycles. The largest absolute Gasteiger partial charge is 1.00 e. The fourth-order valence-electron chi connectivity index (χ4n) is 2.84. The number of ether oxygens (including phenoxy) is 1. The smallest absolute Gasteiger partial charge is 0.344 e. The second kappa shape index (κ2) is 14.7. The first-order valence-electron chi connectivity index (χ1n) is 8.88. The monoisotopic (exact) mass is 611 g/mol. The summed E-state index contributed by atoms with van der Waals surface area (Å²) in [4.78, 5) is 11.8. The number of oxime groups is 1. The van der Waals surface area contributed by atoms with Crippen molar-refractivity contribution in [3.8, 4) is 0 Å². The lowest BCUT2D eigenvalue weighted by Crippen LogP contribution is -3.00. The first kappa shape index (κ1) is 26.7. The van der Waals surface area contributed by atoms with E-state index in [0.717, 1.165) is 18.5 Å². The van der Waals surface area contributed by atoms with Crippen molar-refractivity contribution in [1.82, 2.24) is 0 Å². The highest BCUT2D eigenvalue weighted by molar-refractivity contribution is 5.88. The van der Waals surface area contributed by atoms with Crippen LogP contribution in [-0.4, -0.2) is 23.5 Å². The highest BCUT2D eigenvalue weighted by Crippen LogP contribution is 2.21. The predicted octanol–water partition coefficient (Wildman–Crippen LogP) is -3.67. The summed E-state index contributed by atoms with van der Waals surface area (Å²) in [5.41, 5.74) is 1.50. The summed E-state index contributed by atoms with van der Waals surface area (Å²) in [5.74, 6) is -0.192. The zero-order valence-corrected chi connectivity index (χ0v) is 20.5. The molecule has 2 aromatic heterocycles. The van der Waals surface area contributed by atoms with Gasteiger partial charge in [-0.05, 0) is 37.8 Å². The van der Waals surface area contributed by atoms with Gasteiger partial charge in [-0.15, -0.1) is 0 Å². The molecule has 1 aliphatic rings. The normalized spacial score (nSPS) is 13.5. The number of aryl methyl sites for hydroxylation is 2. The van der Waals surface area contributed by atoms with Crippen LogP contribution in [0.3, 0.4) is 0 Å². The summed E-state index contributed by atoms with van der Waals surface area (Å²) in [7, 11) is 3.79. The molecule has 1 N–H and O–H groups in total. The van der Waals surface area contributed by atoms with Gasteiger partial charge in [0.25, 0.3) is 0 Å². The van der Waals surface area contributed by atoms with E-state index in [1.165, 1.54) is 25.5 Å². The van der Waals surface area contributed by atoms with Gasteiger partial charge in [-0.2, -0.15) is 0 Å². The van der Waals surface area contributed by atoms with Gasteiger partial charge in [-0.25, -0.2) is 13.9 Å². The molecule has 0 atom stereocenters. The van der Waals surface area contributed by atoms with Gasteiger partial charge >= 0.3 is 5.97 Å². The minimum absolute atomic E-state index is 0. The zero-order valence-electron chi connectivity index (χ0n) is 16.2. The third-order valence-electron chi connectivity index (χ3n) is 4.29. The summed E-state index contributed by atoms with van der Waals surface area (Å²) >= 11 is 0. The molecule has 0 saturated heterocycles. The van der Waals surface area contributed by atoms with Gasteiger partial charge in [-0.3, -0.25) is 0 Å². The minimum Gasteiger partial charge on any atom is -1.00 e. The SMILES string of the molecule is C[n+]1cccc(C(=O)OC2CCCCC2)c1.C[n+]1ccccc1C=NO.[I-].[I-]. The lowest BCUT2D eigenvalue weighted by atomic mass is 9.98. The van der Waals surface area contributed by atoms with Gasteiger partial charge in [0.15, 0.2) is 18.6 Å². The van der Waals surface area contributed by atoms with Crippen molar-refractivity contribution in [3.63, 3.8) is 0 Å². The van der Waals surface area contributed by atoms with Gasteiger partial charge in [0.1, 0.15) is 32.0 Å². The highest BCUT2D eigenvalue weighted by Gasteiger charge is 2.19. The summed E-state index contributed by atoms with van der Waals surface area (Å²) in [6.45, 7) is 0. The number of halogens is 2. The number of hydrogen-bond acceptors (Lipinski definition) is 4. The Bertz CT molecular complexity index is 751. The van der Waals surface area contributed by atoms with Crippen molar-refractivity contribution < 1.29 is 71.8 Å². The molecule has 0 bridgehead atoms. The average Bonchev–Trinajstić information content (AvgIpc) is 2.65. The van der Waals surface area contributed by atoms with Gasteiger partial charge in [0.05, 0.1) is 0 Å². The van der Waals surface area contributed by atoms with Gasteiger partial charge in [0.2, 0.25) is 5.69 Å². The molecule has 0 spiro atoms. The molecule has 1 fully saturated rings. The van der Waals surface area contributed by atoms with Crippen molar-refractivity contribution in [3.05, 3.63) is 60.2 Å². The van der Waals surface area contributed by atoms with E-state index in [2.05, 4.69) is 5.16 Å². The lowest BCUT2D eigenvalue weighted by molar-refractivity contribution is -0.672. The first-order valence-corrected chi connectivity index (χ1v) is 8.88. The van der Waals surface area contributed by atoms with Crippen LogP contribution in [0.2, 0.25) is 0 Å². The van der Waals surface area contributed by atoms with Gasteiger partial charge < -0.3 is 57.9 Å². The number of rotatable bonds is 3. The third kappa shape index (κ3) is 9.26. The molecular weight excluding hydrogens is 584 g/mol. The molecule has 0 unspecified atom stereocenters. The Labute approximate surface area is 200 Å². The average molecular weight is 611 g/mol. The van der Waals surface area contributed by atoms with E-state index in [1.807, 2.05) is 59.9 Å². The molecule has 0 aliphatic heterocycles. The fourth-order valence-corrected chi connectivity index (χ4v) is 2.84. The summed E-state index contributed by atoms with van der Waals surface area (Å²) in [5, 5.41) is 11.1. The van der Waals surface area contributed by atoms with Crippen LogP contribution < -0.4 is 57.1 Å². The molecule has 0 amide bonds. The second-order valence-electron chi connectivity index (χ2n) is 6.40. The topological polar surface area (TPSA) is 66.7 Å². The Morgan fingerprint density at radius 1 is 1.11 bits per heavy atom. The molecule has 28 heavy (non-hydrogen) atoms. The molecule has 1 saturated carbocycles. The summed E-state index contributed by atoms with van der Waals surface area (Å²) < 4.78 is 9.20. The van der Waals surface area contributed by atoms with Crippen LogP contribution >= 0.6 is 0 Å². The quantitative estimate of drug-likeness (QED) is 0.0973. The van der Waals surface area contributed by atoms with Gasteiger partial charge in [-0.1, -0.05) is 11.6 Å². The van der Waals surface area contributed by atoms with Gasteiger partial charge in [0, 0.05) is 18.2 Å². The van der Waals surface area contributed by atoms with E-state index in [1.54, 1.807) is 12.3 Å². The molecule has 2 aromatic rings. The number of pyridine rings is 2. The minimum atomic E-state index is -0.192. The standard InChI is InChI=1S/C13H18NO2.C7H8N2O.2HI/c1-14-9-5-6-11(10-14)13(15)16-12-7-3-2-4-8-12;1-9-5-3-2-4-7(9)6-8-10;;/h5-6,9-10,12H,2-4,7-8H2,1H3;2-6H,1H3;2*1H/q+1;;;/p-1. The number of carbonyl (C=O) groups excluding carboxylic acids is 1. The highest BCUT2D eigenvalue weighted by atomic mass is 127. The Morgan fingerprint density at radius 2 is 1.82 bits per heavy atom. The Balaban J connectivity index is 0.000000532. The number of nitrogens with zero attached hydrogens (tertiary/aromatic N) is 3. The number of esters is 1. The van der Waals surface area contributed by atoms with Crippen LogP contribution in [0.25, 0.3) is 0 Å². The van der Waals surface area contributed by atoms with Crippen molar-refractivity contribution in [2.24, 2.45) is 19.3 Å². The molecular formula is C20H27I2N3O3. The van der Waals surface area contributed by atoms with Crippen molar-refractivity contribution in [1.29, 1.82) is 0 Å². The zero-order chi connectivity index (χ0) is 18.8. The van der Waals surface area contributed by atoms with Crippen LogP contribution in [0.15, 0.2) is 54.1 Å². The maximum atomic E-state index is 11.8. The molecule has 0 aromatic carbocycles.